The van der Waals surface area contributed by atoms with Gasteiger partial charge in [-0.05, 0) is 31.9 Å². The molecular weight excluding hydrogens is 324 g/mol. The Balaban J connectivity index is 1.65. The van der Waals surface area contributed by atoms with E-state index in [1.165, 1.54) is 0 Å². The highest BCUT2D eigenvalue weighted by molar-refractivity contribution is 5.99. The second-order valence-electron chi connectivity index (χ2n) is 6.25. The number of H-pyrrole nitrogens is 1. The van der Waals surface area contributed by atoms with Gasteiger partial charge in [0.2, 0.25) is 5.91 Å². The molecule has 132 valence electrons. The van der Waals surface area contributed by atoms with Crippen LogP contribution in [0.15, 0.2) is 39.6 Å². The molecule has 1 fully saturated rings. The number of carbonyl (C=O) groups is 2. The van der Waals surface area contributed by atoms with Crippen LogP contribution in [0.4, 0.5) is 0 Å². The SMILES string of the molecule is C[C@]1(C(=O)NCCc2noc(=O)[nH]2)CCCN1C(=O)c1ccccc1. The summed E-state index contributed by atoms with van der Waals surface area (Å²) in [7, 11) is 0. The van der Waals surface area contributed by atoms with Gasteiger partial charge >= 0.3 is 5.76 Å². The quantitative estimate of drug-likeness (QED) is 0.831. The first-order valence-electron chi connectivity index (χ1n) is 8.21. The van der Waals surface area contributed by atoms with Gasteiger partial charge in [-0.15, -0.1) is 0 Å². The number of rotatable bonds is 5. The van der Waals surface area contributed by atoms with Crippen LogP contribution in [0.2, 0.25) is 0 Å². The number of benzene rings is 1. The fourth-order valence-corrected chi connectivity index (χ4v) is 3.11. The molecule has 0 unspecified atom stereocenters. The van der Waals surface area contributed by atoms with E-state index in [1.54, 1.807) is 36.1 Å². The van der Waals surface area contributed by atoms with Gasteiger partial charge in [0, 0.05) is 25.1 Å². The van der Waals surface area contributed by atoms with E-state index in [2.05, 4.69) is 20.0 Å². The van der Waals surface area contributed by atoms with Crippen molar-refractivity contribution in [3.63, 3.8) is 0 Å². The van der Waals surface area contributed by atoms with E-state index in [1.807, 2.05) is 6.07 Å². The highest BCUT2D eigenvalue weighted by Gasteiger charge is 2.45. The van der Waals surface area contributed by atoms with Crippen molar-refractivity contribution < 1.29 is 14.1 Å². The molecule has 2 amide bonds. The van der Waals surface area contributed by atoms with Gasteiger partial charge in [-0.25, -0.2) is 4.79 Å². The molecule has 1 aromatic carbocycles. The average Bonchev–Trinajstić information content (AvgIpc) is 3.21. The van der Waals surface area contributed by atoms with Crippen LogP contribution in [0.25, 0.3) is 0 Å². The standard InChI is InChI=1S/C17H20N4O4/c1-17(15(23)18-10-8-13-19-16(24)25-20-13)9-5-11-21(17)14(22)12-6-3-2-4-7-12/h2-4,6-7H,5,8-11H2,1H3,(H,18,23)(H,19,20,24)/t17-/m1/s1. The number of nitrogens with one attached hydrogen (secondary N) is 2. The number of aromatic amines is 1. The highest BCUT2D eigenvalue weighted by atomic mass is 16.5. The number of amides is 2. The number of carbonyl (C=O) groups excluding carboxylic acids is 2. The number of likely N-dealkylation sites (tertiary alicyclic amines) is 1. The molecule has 1 atom stereocenters. The minimum absolute atomic E-state index is 0.142. The van der Waals surface area contributed by atoms with E-state index < -0.39 is 11.3 Å². The van der Waals surface area contributed by atoms with Gasteiger partial charge in [0.05, 0.1) is 0 Å². The Labute approximate surface area is 144 Å². The lowest BCUT2D eigenvalue weighted by molar-refractivity contribution is -0.129. The maximum Gasteiger partial charge on any atom is 0.438 e. The lowest BCUT2D eigenvalue weighted by Crippen LogP contribution is -2.55. The third-order valence-electron chi connectivity index (χ3n) is 4.53. The van der Waals surface area contributed by atoms with Crippen molar-refractivity contribution in [3.05, 3.63) is 52.3 Å². The Kier molecular flexibility index (Phi) is 4.69. The maximum absolute atomic E-state index is 12.7. The summed E-state index contributed by atoms with van der Waals surface area (Å²) in [5.74, 6) is -0.598. The Morgan fingerprint density at radius 1 is 1.36 bits per heavy atom. The van der Waals surface area contributed by atoms with Crippen LogP contribution in [0.1, 0.15) is 35.9 Å². The number of hydrogen-bond acceptors (Lipinski definition) is 5. The van der Waals surface area contributed by atoms with Gasteiger partial charge in [-0.1, -0.05) is 23.4 Å². The van der Waals surface area contributed by atoms with Crippen LogP contribution in [0, 0.1) is 0 Å². The molecule has 8 heteroatoms. The first-order valence-corrected chi connectivity index (χ1v) is 8.21. The zero-order valence-electron chi connectivity index (χ0n) is 13.9. The molecule has 2 aromatic rings. The molecule has 2 N–H and O–H groups in total. The second kappa shape index (κ2) is 6.92. The molecule has 2 heterocycles. The van der Waals surface area contributed by atoms with Gasteiger partial charge in [0.25, 0.3) is 5.91 Å². The van der Waals surface area contributed by atoms with E-state index >= 15 is 0 Å². The zero-order valence-corrected chi connectivity index (χ0v) is 13.9. The fourth-order valence-electron chi connectivity index (χ4n) is 3.11. The van der Waals surface area contributed by atoms with E-state index in [-0.39, 0.29) is 11.8 Å². The van der Waals surface area contributed by atoms with Crippen LogP contribution in [-0.2, 0) is 11.2 Å². The molecular formula is C17H20N4O4. The summed E-state index contributed by atoms with van der Waals surface area (Å²) in [6, 6.07) is 8.96. The summed E-state index contributed by atoms with van der Waals surface area (Å²) in [5.41, 5.74) is -0.312. The highest BCUT2D eigenvalue weighted by Crippen LogP contribution is 2.30. The fraction of sp³-hybridized carbons (Fsp3) is 0.412. The maximum atomic E-state index is 12.7. The third kappa shape index (κ3) is 3.47. The predicted octanol–water partition coefficient (Wildman–Crippen LogP) is 0.717. The van der Waals surface area contributed by atoms with Crippen molar-refractivity contribution in [2.45, 2.75) is 31.7 Å². The molecule has 0 spiro atoms. The van der Waals surface area contributed by atoms with Crippen LogP contribution in [0.3, 0.4) is 0 Å². The van der Waals surface area contributed by atoms with Crippen molar-refractivity contribution in [2.75, 3.05) is 13.1 Å². The van der Waals surface area contributed by atoms with Gasteiger partial charge in [-0.2, -0.15) is 0 Å². The van der Waals surface area contributed by atoms with Gasteiger partial charge in [0.1, 0.15) is 5.54 Å². The molecule has 0 saturated carbocycles. The third-order valence-corrected chi connectivity index (χ3v) is 4.53. The van der Waals surface area contributed by atoms with Crippen LogP contribution in [0.5, 0.6) is 0 Å². The van der Waals surface area contributed by atoms with Gasteiger partial charge < -0.3 is 10.2 Å². The van der Waals surface area contributed by atoms with Crippen molar-refractivity contribution >= 4 is 11.8 Å². The lowest BCUT2D eigenvalue weighted by Gasteiger charge is -2.34. The molecule has 1 aliphatic heterocycles. The molecule has 25 heavy (non-hydrogen) atoms. The normalized spacial score (nSPS) is 19.8. The van der Waals surface area contributed by atoms with Crippen molar-refractivity contribution in [3.8, 4) is 0 Å². The van der Waals surface area contributed by atoms with Crippen molar-refractivity contribution in [1.29, 1.82) is 0 Å². The summed E-state index contributed by atoms with van der Waals surface area (Å²) >= 11 is 0. The first-order chi connectivity index (χ1) is 12.0. The van der Waals surface area contributed by atoms with E-state index in [4.69, 9.17) is 0 Å². The second-order valence-corrected chi connectivity index (χ2v) is 6.25. The minimum Gasteiger partial charge on any atom is -0.354 e. The van der Waals surface area contributed by atoms with Crippen LogP contribution < -0.4 is 11.1 Å². The molecule has 0 aliphatic carbocycles. The number of hydrogen-bond donors (Lipinski definition) is 2. The average molecular weight is 344 g/mol. The smallest absolute Gasteiger partial charge is 0.354 e. The monoisotopic (exact) mass is 344 g/mol. The topological polar surface area (TPSA) is 108 Å². The van der Waals surface area contributed by atoms with Crippen molar-refractivity contribution in [1.82, 2.24) is 20.4 Å². The largest absolute Gasteiger partial charge is 0.438 e. The predicted molar refractivity (Wildman–Crippen MR) is 89.0 cm³/mol. The molecule has 3 rings (SSSR count). The number of aromatic nitrogens is 2. The number of nitrogens with zero attached hydrogens (tertiary/aromatic N) is 2. The zero-order chi connectivity index (χ0) is 17.9. The van der Waals surface area contributed by atoms with Crippen molar-refractivity contribution in [2.24, 2.45) is 0 Å². The molecule has 1 aliphatic rings. The Morgan fingerprint density at radius 2 is 2.12 bits per heavy atom. The Bertz CT molecular complexity index is 813. The molecule has 0 bridgehead atoms. The van der Waals surface area contributed by atoms with Crippen LogP contribution >= 0.6 is 0 Å². The van der Waals surface area contributed by atoms with E-state index in [0.717, 1.165) is 6.42 Å². The van der Waals surface area contributed by atoms with E-state index in [9.17, 15) is 14.4 Å². The summed E-state index contributed by atoms with van der Waals surface area (Å²) in [6.45, 7) is 2.63. The summed E-state index contributed by atoms with van der Waals surface area (Å²) in [5, 5.41) is 6.37. The van der Waals surface area contributed by atoms with E-state index in [0.29, 0.717) is 37.3 Å². The Morgan fingerprint density at radius 3 is 2.80 bits per heavy atom. The van der Waals surface area contributed by atoms with Crippen LogP contribution in [-0.4, -0.2) is 45.5 Å². The summed E-state index contributed by atoms with van der Waals surface area (Å²) in [6.07, 6.45) is 1.73. The van der Waals surface area contributed by atoms with Gasteiger partial charge in [0.15, 0.2) is 5.82 Å². The summed E-state index contributed by atoms with van der Waals surface area (Å²) in [4.78, 5) is 40.4. The molecule has 8 nitrogen and oxygen atoms in total. The molecule has 0 radical (unpaired) electrons. The lowest BCUT2D eigenvalue weighted by atomic mass is 9.96. The first kappa shape index (κ1) is 16.9. The minimum atomic E-state index is -0.885. The summed E-state index contributed by atoms with van der Waals surface area (Å²) < 4.78 is 4.41. The Hall–Kier alpha value is -2.90. The molecule has 1 saturated heterocycles. The molecule has 1 aromatic heterocycles. The van der Waals surface area contributed by atoms with Gasteiger partial charge in [-0.3, -0.25) is 19.1 Å².